The summed E-state index contributed by atoms with van der Waals surface area (Å²) in [5.74, 6) is 0.814. The molecule has 3 N–H and O–H groups in total. The van der Waals surface area contributed by atoms with Gasteiger partial charge in [0.25, 0.3) is 11.5 Å². The maximum absolute atomic E-state index is 13.4. The van der Waals surface area contributed by atoms with Gasteiger partial charge in [-0.05, 0) is 42.3 Å². The molecule has 0 unspecified atom stereocenters. The number of aromatic amines is 1. The molecule has 0 bridgehead atoms. The molecule has 1 aromatic heterocycles. The molecule has 9 heteroatoms. The van der Waals surface area contributed by atoms with Gasteiger partial charge >= 0.3 is 5.69 Å². The number of nitrogens with zero attached hydrogens (tertiary/aromatic N) is 2. The van der Waals surface area contributed by atoms with Crippen LogP contribution in [-0.2, 0) is 11.3 Å². The van der Waals surface area contributed by atoms with Gasteiger partial charge < -0.3 is 15.2 Å². The van der Waals surface area contributed by atoms with E-state index < -0.39 is 17.2 Å². The molecule has 0 spiro atoms. The third-order valence-electron chi connectivity index (χ3n) is 4.88. The Bertz CT molecular complexity index is 1200. The summed E-state index contributed by atoms with van der Waals surface area (Å²) in [6.07, 6.45) is 0. The minimum atomic E-state index is -0.731. The minimum Gasteiger partial charge on any atom is -0.457 e. The van der Waals surface area contributed by atoms with Crippen LogP contribution in [0.1, 0.15) is 24.2 Å². The van der Waals surface area contributed by atoms with Crippen molar-refractivity contribution in [3.05, 3.63) is 81.0 Å². The number of hydrogen-bond donors (Lipinski definition) is 2. The third kappa shape index (κ3) is 5.69. The van der Waals surface area contributed by atoms with Gasteiger partial charge in [-0.1, -0.05) is 32.0 Å². The van der Waals surface area contributed by atoms with E-state index in [2.05, 4.69) is 4.98 Å². The third-order valence-corrected chi connectivity index (χ3v) is 4.88. The Hall–Kier alpha value is -3.85. The fourth-order valence-corrected chi connectivity index (χ4v) is 3.33. The highest BCUT2D eigenvalue weighted by Gasteiger charge is 2.25. The quantitative estimate of drug-likeness (QED) is 0.515. The normalized spacial score (nSPS) is 10.9. The number of nitrogens with two attached hydrogens (primary N) is 1. The number of nitrogen functional groups attached to an aromatic ring is 1. The number of carbonyl (C=O) groups is 1. The molecule has 33 heavy (non-hydrogen) atoms. The lowest BCUT2D eigenvalue weighted by Crippen LogP contribution is -2.42. The number of aromatic nitrogens is 2. The molecule has 3 aromatic rings. The SMILES string of the molecule is COCCN(C(=O)c1ccc(Oc2ccccc2)cc1)c1c(N)n(CC(C)C)c(=O)[nH]c1=O. The van der Waals surface area contributed by atoms with Crippen molar-refractivity contribution in [3.8, 4) is 11.5 Å². The Kier molecular flexibility index (Phi) is 7.68. The maximum atomic E-state index is 13.4. The summed E-state index contributed by atoms with van der Waals surface area (Å²) in [6.45, 7) is 4.38. The van der Waals surface area contributed by atoms with Crippen LogP contribution in [0.4, 0.5) is 11.5 Å². The maximum Gasteiger partial charge on any atom is 0.330 e. The van der Waals surface area contributed by atoms with Crippen LogP contribution in [0.5, 0.6) is 11.5 Å². The second-order valence-corrected chi connectivity index (χ2v) is 7.89. The monoisotopic (exact) mass is 452 g/mol. The van der Waals surface area contributed by atoms with Crippen LogP contribution in [-0.4, -0.2) is 35.7 Å². The molecule has 3 rings (SSSR count). The first kappa shape index (κ1) is 23.8. The number of ether oxygens (including phenoxy) is 2. The molecule has 1 heterocycles. The molecular formula is C24H28N4O5. The lowest BCUT2D eigenvalue weighted by Gasteiger charge is -2.25. The molecule has 0 aliphatic rings. The van der Waals surface area contributed by atoms with E-state index in [9.17, 15) is 14.4 Å². The summed E-state index contributed by atoms with van der Waals surface area (Å²) in [6, 6.07) is 15.8. The van der Waals surface area contributed by atoms with Gasteiger partial charge in [0.05, 0.1) is 6.61 Å². The number of methoxy groups -OCH3 is 1. The zero-order valence-electron chi connectivity index (χ0n) is 18.9. The van der Waals surface area contributed by atoms with E-state index in [-0.39, 0.29) is 30.6 Å². The van der Waals surface area contributed by atoms with Crippen LogP contribution in [0.2, 0.25) is 0 Å². The van der Waals surface area contributed by atoms with Gasteiger partial charge in [-0.25, -0.2) is 4.79 Å². The van der Waals surface area contributed by atoms with E-state index in [1.165, 1.54) is 16.6 Å². The molecule has 1 amide bonds. The number of para-hydroxylation sites is 1. The van der Waals surface area contributed by atoms with Crippen molar-refractivity contribution in [1.29, 1.82) is 0 Å². The number of carbonyl (C=O) groups excluding carboxylic acids is 1. The van der Waals surface area contributed by atoms with Crippen molar-refractivity contribution in [2.75, 3.05) is 30.9 Å². The van der Waals surface area contributed by atoms with Crippen LogP contribution < -0.4 is 26.6 Å². The van der Waals surface area contributed by atoms with Crippen molar-refractivity contribution >= 4 is 17.4 Å². The Balaban J connectivity index is 1.96. The molecule has 0 saturated carbocycles. The fourth-order valence-electron chi connectivity index (χ4n) is 3.33. The molecule has 0 radical (unpaired) electrons. The Morgan fingerprint density at radius 2 is 1.70 bits per heavy atom. The Morgan fingerprint density at radius 3 is 2.30 bits per heavy atom. The standard InChI is InChI=1S/C24H28N4O5/c1-16(2)15-28-21(25)20(22(29)26-24(28)31)27(13-14-32-3)23(30)17-9-11-19(12-10-17)33-18-7-5-4-6-8-18/h4-12,16H,13-15,25H2,1-3H3,(H,26,29,31). The highest BCUT2D eigenvalue weighted by molar-refractivity contribution is 6.07. The first-order valence-corrected chi connectivity index (χ1v) is 10.6. The molecule has 0 aliphatic carbocycles. The predicted molar refractivity (Wildman–Crippen MR) is 127 cm³/mol. The predicted octanol–water partition coefficient (Wildman–Crippen LogP) is 2.86. The highest BCUT2D eigenvalue weighted by Crippen LogP contribution is 2.24. The Morgan fingerprint density at radius 1 is 1.06 bits per heavy atom. The molecule has 9 nitrogen and oxygen atoms in total. The molecule has 0 aliphatic heterocycles. The molecular weight excluding hydrogens is 424 g/mol. The van der Waals surface area contributed by atoms with Gasteiger partial charge in [-0.2, -0.15) is 0 Å². The molecule has 174 valence electrons. The number of nitrogens with one attached hydrogen (secondary N) is 1. The van der Waals surface area contributed by atoms with Crippen molar-refractivity contribution in [1.82, 2.24) is 9.55 Å². The first-order valence-electron chi connectivity index (χ1n) is 10.6. The van der Waals surface area contributed by atoms with Gasteiger partial charge in [0.15, 0.2) is 5.69 Å². The first-order chi connectivity index (χ1) is 15.8. The molecule has 0 fully saturated rings. The minimum absolute atomic E-state index is 0.0639. The summed E-state index contributed by atoms with van der Waals surface area (Å²) < 4.78 is 12.2. The van der Waals surface area contributed by atoms with Crippen LogP contribution in [0.25, 0.3) is 0 Å². The zero-order chi connectivity index (χ0) is 24.0. The summed E-state index contributed by atoms with van der Waals surface area (Å²) in [5, 5.41) is 0. The molecule has 0 atom stereocenters. The van der Waals surface area contributed by atoms with Crippen molar-refractivity contribution in [2.24, 2.45) is 5.92 Å². The molecule has 2 aromatic carbocycles. The topological polar surface area (TPSA) is 120 Å². The number of H-pyrrole nitrogens is 1. The summed E-state index contributed by atoms with van der Waals surface area (Å²) in [7, 11) is 1.49. The second kappa shape index (κ2) is 10.6. The van der Waals surface area contributed by atoms with E-state index in [0.717, 1.165) is 0 Å². The summed E-state index contributed by atoms with van der Waals surface area (Å²) >= 11 is 0. The zero-order valence-corrected chi connectivity index (χ0v) is 18.9. The average molecular weight is 453 g/mol. The van der Waals surface area contributed by atoms with Crippen molar-refractivity contribution < 1.29 is 14.3 Å². The number of amides is 1. The lowest BCUT2D eigenvalue weighted by atomic mass is 10.1. The van der Waals surface area contributed by atoms with Gasteiger partial charge in [-0.15, -0.1) is 0 Å². The summed E-state index contributed by atoms with van der Waals surface area (Å²) in [5.41, 5.74) is 5.12. The average Bonchev–Trinajstić information content (AvgIpc) is 2.79. The number of benzene rings is 2. The molecule has 0 saturated heterocycles. The highest BCUT2D eigenvalue weighted by atomic mass is 16.5. The van der Waals surface area contributed by atoms with Gasteiger partial charge in [0.1, 0.15) is 17.3 Å². The summed E-state index contributed by atoms with van der Waals surface area (Å²) in [4.78, 5) is 41.9. The second-order valence-electron chi connectivity index (χ2n) is 7.89. The fraction of sp³-hybridized carbons (Fsp3) is 0.292. The van der Waals surface area contributed by atoms with Crippen LogP contribution in [0.3, 0.4) is 0 Å². The van der Waals surface area contributed by atoms with E-state index in [1.54, 1.807) is 24.3 Å². The lowest BCUT2D eigenvalue weighted by molar-refractivity contribution is 0.0975. The van der Waals surface area contributed by atoms with Crippen molar-refractivity contribution in [2.45, 2.75) is 20.4 Å². The van der Waals surface area contributed by atoms with Crippen LogP contribution >= 0.6 is 0 Å². The Labute approximate surface area is 191 Å². The van der Waals surface area contributed by atoms with Gasteiger partial charge in [-0.3, -0.25) is 24.0 Å². The van der Waals surface area contributed by atoms with Gasteiger partial charge in [0, 0.05) is 25.8 Å². The smallest absolute Gasteiger partial charge is 0.330 e. The van der Waals surface area contributed by atoms with E-state index in [4.69, 9.17) is 15.2 Å². The van der Waals surface area contributed by atoms with Crippen molar-refractivity contribution in [3.63, 3.8) is 0 Å². The van der Waals surface area contributed by atoms with E-state index >= 15 is 0 Å². The van der Waals surface area contributed by atoms with Gasteiger partial charge in [0.2, 0.25) is 0 Å². The number of hydrogen-bond acceptors (Lipinski definition) is 6. The van der Waals surface area contributed by atoms with E-state index in [0.29, 0.717) is 23.6 Å². The van der Waals surface area contributed by atoms with Crippen LogP contribution in [0, 0.1) is 5.92 Å². The largest absolute Gasteiger partial charge is 0.457 e. The number of rotatable bonds is 9. The van der Waals surface area contributed by atoms with Crippen LogP contribution in [0.15, 0.2) is 64.2 Å². The van der Waals surface area contributed by atoms with E-state index in [1.807, 2.05) is 44.2 Å². The number of anilines is 2.